The third-order valence-corrected chi connectivity index (χ3v) is 4.73. The van der Waals surface area contributed by atoms with Gasteiger partial charge in [-0.1, -0.05) is 23.7 Å². The van der Waals surface area contributed by atoms with Gasteiger partial charge in [-0.25, -0.2) is 19.6 Å². The highest BCUT2D eigenvalue weighted by Crippen LogP contribution is 2.32. The maximum Gasteiger partial charge on any atom is 0.220 e. The molecule has 3 aromatic heterocycles. The van der Waals surface area contributed by atoms with E-state index in [1.807, 2.05) is 44.2 Å². The number of para-hydroxylation sites is 2. The molecule has 1 aromatic carbocycles. The highest BCUT2D eigenvalue weighted by atomic mass is 35.5. The fourth-order valence-corrected chi connectivity index (χ4v) is 3.21. The fraction of sp³-hybridized carbons (Fsp3) is 0.217. The molecule has 164 valence electrons. The van der Waals surface area contributed by atoms with Crippen LogP contribution in [-0.4, -0.2) is 37.9 Å². The number of ether oxygens (including phenoxy) is 3. The predicted octanol–water partition coefficient (Wildman–Crippen LogP) is 5.18. The Morgan fingerprint density at radius 2 is 1.75 bits per heavy atom. The Labute approximate surface area is 190 Å². The Hall–Kier alpha value is -3.65. The number of halogens is 1. The second-order valence-electron chi connectivity index (χ2n) is 7.16. The summed E-state index contributed by atoms with van der Waals surface area (Å²) >= 11 is 6.40. The lowest BCUT2D eigenvalue weighted by molar-refractivity contribution is 0.233. The van der Waals surface area contributed by atoms with Crippen LogP contribution in [0.3, 0.4) is 0 Å². The Morgan fingerprint density at radius 3 is 2.50 bits per heavy atom. The second kappa shape index (κ2) is 9.23. The first-order chi connectivity index (χ1) is 15.4. The molecule has 0 amide bonds. The van der Waals surface area contributed by atoms with E-state index in [0.717, 1.165) is 5.56 Å². The van der Waals surface area contributed by atoms with Crippen molar-refractivity contribution in [1.82, 2.24) is 24.7 Å². The van der Waals surface area contributed by atoms with E-state index >= 15 is 0 Å². The van der Waals surface area contributed by atoms with Crippen LogP contribution in [0.1, 0.15) is 13.8 Å². The molecule has 4 rings (SSSR count). The summed E-state index contributed by atoms with van der Waals surface area (Å²) in [6.45, 7) is 3.87. The van der Waals surface area contributed by atoms with Gasteiger partial charge in [-0.15, -0.1) is 0 Å². The summed E-state index contributed by atoms with van der Waals surface area (Å²) in [5.41, 5.74) is 1.23. The lowest BCUT2D eigenvalue weighted by Crippen LogP contribution is -2.07. The number of methoxy groups -OCH3 is 1. The van der Waals surface area contributed by atoms with Crippen LogP contribution in [-0.2, 0) is 7.05 Å². The summed E-state index contributed by atoms with van der Waals surface area (Å²) in [5.74, 6) is 3.05. The quantitative estimate of drug-likeness (QED) is 0.382. The van der Waals surface area contributed by atoms with Crippen LogP contribution < -0.4 is 14.2 Å². The Bertz CT molecular complexity index is 1240. The van der Waals surface area contributed by atoms with Crippen LogP contribution in [0.5, 0.6) is 23.3 Å². The minimum absolute atomic E-state index is 0.00920. The van der Waals surface area contributed by atoms with Crippen LogP contribution in [0.4, 0.5) is 0 Å². The molecule has 0 saturated heterocycles. The van der Waals surface area contributed by atoms with E-state index in [1.165, 1.54) is 0 Å². The second-order valence-corrected chi connectivity index (χ2v) is 7.57. The van der Waals surface area contributed by atoms with E-state index in [4.69, 9.17) is 25.8 Å². The number of pyridine rings is 2. The third kappa shape index (κ3) is 4.65. The van der Waals surface area contributed by atoms with Gasteiger partial charge in [0.1, 0.15) is 5.69 Å². The minimum atomic E-state index is -0.00920. The molecule has 8 nitrogen and oxygen atoms in total. The van der Waals surface area contributed by atoms with Crippen LogP contribution in [0.25, 0.3) is 22.9 Å². The molecule has 4 aromatic rings. The van der Waals surface area contributed by atoms with Crippen LogP contribution in [0.2, 0.25) is 5.02 Å². The number of nitrogens with zero attached hydrogens (tertiary/aromatic N) is 5. The van der Waals surface area contributed by atoms with E-state index in [0.29, 0.717) is 45.6 Å². The molecule has 32 heavy (non-hydrogen) atoms. The zero-order chi connectivity index (χ0) is 22.7. The van der Waals surface area contributed by atoms with Gasteiger partial charge in [0, 0.05) is 30.9 Å². The van der Waals surface area contributed by atoms with Crippen molar-refractivity contribution in [2.45, 2.75) is 20.0 Å². The number of aromatic nitrogens is 5. The molecule has 0 aliphatic heterocycles. The van der Waals surface area contributed by atoms with Crippen molar-refractivity contribution in [1.29, 1.82) is 0 Å². The molecular weight excluding hydrogens is 430 g/mol. The van der Waals surface area contributed by atoms with Gasteiger partial charge in [0.15, 0.2) is 23.1 Å². The van der Waals surface area contributed by atoms with Crippen molar-refractivity contribution < 1.29 is 14.2 Å². The molecule has 0 aliphatic carbocycles. The first-order valence-corrected chi connectivity index (χ1v) is 10.3. The lowest BCUT2D eigenvalue weighted by atomic mass is 10.2. The SMILES string of the molecule is COc1ccccc1Oc1cc(-c2nc(-c3nc(OC(C)C)ccc3Cl)n(C)n2)ccn1. The first-order valence-electron chi connectivity index (χ1n) is 9.96. The number of hydrogen-bond donors (Lipinski definition) is 0. The fourth-order valence-electron chi connectivity index (χ4n) is 3.02. The van der Waals surface area contributed by atoms with Gasteiger partial charge >= 0.3 is 0 Å². The van der Waals surface area contributed by atoms with Crippen molar-refractivity contribution in [3.63, 3.8) is 0 Å². The van der Waals surface area contributed by atoms with Gasteiger partial charge in [-0.05, 0) is 38.1 Å². The molecule has 0 saturated carbocycles. The summed E-state index contributed by atoms with van der Waals surface area (Å²) in [5, 5.41) is 4.99. The average molecular weight is 452 g/mol. The monoisotopic (exact) mass is 451 g/mol. The van der Waals surface area contributed by atoms with Crippen molar-refractivity contribution in [3.05, 3.63) is 59.8 Å². The highest BCUT2D eigenvalue weighted by Gasteiger charge is 2.17. The van der Waals surface area contributed by atoms with E-state index in [-0.39, 0.29) is 6.10 Å². The minimum Gasteiger partial charge on any atom is -0.493 e. The third-order valence-electron chi connectivity index (χ3n) is 4.43. The van der Waals surface area contributed by atoms with Crippen molar-refractivity contribution in [3.8, 4) is 46.2 Å². The van der Waals surface area contributed by atoms with Gasteiger partial charge in [0.2, 0.25) is 11.8 Å². The number of hydrogen-bond acceptors (Lipinski definition) is 7. The van der Waals surface area contributed by atoms with E-state index < -0.39 is 0 Å². The van der Waals surface area contributed by atoms with Crippen LogP contribution >= 0.6 is 11.6 Å². The molecule has 0 spiro atoms. The van der Waals surface area contributed by atoms with Gasteiger partial charge in [-0.2, -0.15) is 5.10 Å². The molecular formula is C23H22ClN5O3. The van der Waals surface area contributed by atoms with E-state index in [2.05, 4.69) is 20.1 Å². The maximum absolute atomic E-state index is 6.40. The Balaban J connectivity index is 1.66. The molecule has 0 bridgehead atoms. The van der Waals surface area contributed by atoms with Crippen molar-refractivity contribution in [2.75, 3.05) is 7.11 Å². The number of aryl methyl sites for hydroxylation is 1. The smallest absolute Gasteiger partial charge is 0.220 e. The molecule has 9 heteroatoms. The van der Waals surface area contributed by atoms with Crippen molar-refractivity contribution >= 4 is 11.6 Å². The summed E-state index contributed by atoms with van der Waals surface area (Å²) in [6.07, 6.45) is 1.63. The zero-order valence-corrected chi connectivity index (χ0v) is 18.9. The standard InChI is InChI=1S/C23H22ClN5O3/c1-14(2)31-19-10-9-16(24)21(26-19)23-27-22(28-29(23)3)15-11-12-25-20(13-15)32-18-8-6-5-7-17(18)30-4/h5-14H,1-4H3. The highest BCUT2D eigenvalue weighted by molar-refractivity contribution is 6.32. The zero-order valence-electron chi connectivity index (χ0n) is 18.1. The van der Waals surface area contributed by atoms with Gasteiger partial charge in [0.25, 0.3) is 0 Å². The molecule has 3 heterocycles. The number of benzene rings is 1. The summed E-state index contributed by atoms with van der Waals surface area (Å²) in [7, 11) is 3.37. The topological polar surface area (TPSA) is 84.2 Å². The predicted molar refractivity (Wildman–Crippen MR) is 121 cm³/mol. The van der Waals surface area contributed by atoms with Crippen LogP contribution in [0.15, 0.2) is 54.7 Å². The molecule has 0 fully saturated rings. The lowest BCUT2D eigenvalue weighted by Gasteiger charge is -2.10. The summed E-state index contributed by atoms with van der Waals surface area (Å²) in [6, 6.07) is 14.4. The Kier molecular flexibility index (Phi) is 6.23. The molecule has 0 atom stereocenters. The van der Waals surface area contributed by atoms with Crippen molar-refractivity contribution in [2.24, 2.45) is 7.05 Å². The largest absolute Gasteiger partial charge is 0.493 e. The summed E-state index contributed by atoms with van der Waals surface area (Å²) < 4.78 is 18.6. The maximum atomic E-state index is 6.40. The molecule has 0 N–H and O–H groups in total. The Morgan fingerprint density at radius 1 is 0.969 bits per heavy atom. The van der Waals surface area contributed by atoms with Gasteiger partial charge < -0.3 is 14.2 Å². The molecule has 0 unspecified atom stereocenters. The summed E-state index contributed by atoms with van der Waals surface area (Å²) in [4.78, 5) is 13.5. The molecule has 0 radical (unpaired) electrons. The van der Waals surface area contributed by atoms with E-state index in [1.54, 1.807) is 43.2 Å². The normalized spacial score (nSPS) is 10.9. The first kappa shape index (κ1) is 21.6. The molecule has 0 aliphatic rings. The van der Waals surface area contributed by atoms with Gasteiger partial charge in [-0.3, -0.25) is 0 Å². The number of rotatable bonds is 7. The van der Waals surface area contributed by atoms with Gasteiger partial charge in [0.05, 0.1) is 18.2 Å². The van der Waals surface area contributed by atoms with Crippen LogP contribution in [0, 0.1) is 0 Å². The van der Waals surface area contributed by atoms with E-state index in [9.17, 15) is 0 Å². The average Bonchev–Trinajstić information content (AvgIpc) is 3.17.